The molecule has 1 aliphatic rings. The average molecular weight is 247 g/mol. The molecule has 2 atom stereocenters. The Balaban J connectivity index is 2.12. The molecule has 1 aromatic rings. The number of hydrogen-bond acceptors (Lipinski definition) is 2. The number of phenolic OH excluding ortho intramolecular Hbond substituents is 1. The molecular weight excluding hydrogens is 222 g/mol. The van der Waals surface area contributed by atoms with Gasteiger partial charge in [0, 0.05) is 18.2 Å². The second kappa shape index (κ2) is 5.31. The second-order valence-corrected chi connectivity index (χ2v) is 6.03. The molecule has 2 rings (SSSR count). The number of phenols is 1. The molecule has 1 aromatic carbocycles. The summed E-state index contributed by atoms with van der Waals surface area (Å²) in [7, 11) is 0. The minimum atomic E-state index is 0.314. The molecule has 0 aromatic heterocycles. The van der Waals surface area contributed by atoms with Gasteiger partial charge in [0.2, 0.25) is 0 Å². The van der Waals surface area contributed by atoms with Crippen LogP contribution in [0, 0.1) is 18.8 Å². The van der Waals surface area contributed by atoms with Crippen LogP contribution >= 0.6 is 0 Å². The third-order valence-corrected chi connectivity index (χ3v) is 4.38. The van der Waals surface area contributed by atoms with Crippen LogP contribution in [0.4, 0.5) is 0 Å². The number of aryl methyl sites for hydroxylation is 1. The van der Waals surface area contributed by atoms with E-state index in [4.69, 9.17) is 0 Å². The topological polar surface area (TPSA) is 23.5 Å². The van der Waals surface area contributed by atoms with Crippen LogP contribution in [0.3, 0.4) is 0 Å². The Hall–Kier alpha value is -1.02. The minimum Gasteiger partial charge on any atom is -0.508 e. The molecule has 0 saturated carbocycles. The first-order valence-corrected chi connectivity index (χ1v) is 7.02. The first kappa shape index (κ1) is 13.4. The molecule has 0 aliphatic carbocycles. The quantitative estimate of drug-likeness (QED) is 0.879. The van der Waals surface area contributed by atoms with Crippen molar-refractivity contribution in [3.8, 4) is 5.75 Å². The van der Waals surface area contributed by atoms with Crippen LogP contribution in [0.25, 0.3) is 0 Å². The van der Waals surface area contributed by atoms with Gasteiger partial charge in [-0.15, -0.1) is 0 Å². The number of nitrogens with zero attached hydrogens (tertiary/aromatic N) is 1. The molecule has 2 nitrogen and oxygen atoms in total. The van der Waals surface area contributed by atoms with Crippen molar-refractivity contribution in [3.63, 3.8) is 0 Å². The summed E-state index contributed by atoms with van der Waals surface area (Å²) in [5, 5.41) is 10.0. The van der Waals surface area contributed by atoms with Crippen LogP contribution in [-0.2, 0) is 0 Å². The normalized spacial score (nSPS) is 22.6. The fourth-order valence-electron chi connectivity index (χ4n) is 2.92. The van der Waals surface area contributed by atoms with Crippen LogP contribution in [0.15, 0.2) is 18.2 Å². The van der Waals surface area contributed by atoms with Crippen LogP contribution in [-0.4, -0.2) is 23.1 Å². The Morgan fingerprint density at radius 3 is 2.61 bits per heavy atom. The fraction of sp³-hybridized carbons (Fsp3) is 0.625. The van der Waals surface area contributed by atoms with E-state index >= 15 is 0 Å². The van der Waals surface area contributed by atoms with Crippen molar-refractivity contribution in [2.75, 3.05) is 13.1 Å². The average Bonchev–Trinajstić information content (AvgIpc) is 2.81. The highest BCUT2D eigenvalue weighted by molar-refractivity contribution is 5.37. The van der Waals surface area contributed by atoms with Crippen molar-refractivity contribution in [2.45, 2.75) is 40.2 Å². The summed E-state index contributed by atoms with van der Waals surface area (Å²) in [6.07, 6.45) is 1.29. The molecule has 1 saturated heterocycles. The maximum absolute atomic E-state index is 10.0. The maximum atomic E-state index is 10.0. The summed E-state index contributed by atoms with van der Waals surface area (Å²) in [6.45, 7) is 11.2. The van der Waals surface area contributed by atoms with Crippen molar-refractivity contribution < 1.29 is 5.11 Å². The molecule has 18 heavy (non-hydrogen) atoms. The predicted molar refractivity (Wildman–Crippen MR) is 75.8 cm³/mol. The van der Waals surface area contributed by atoms with Crippen LogP contribution in [0.5, 0.6) is 5.75 Å². The van der Waals surface area contributed by atoms with Gasteiger partial charge in [0.1, 0.15) is 5.75 Å². The van der Waals surface area contributed by atoms with E-state index < -0.39 is 0 Å². The molecular formula is C16H25NO. The Labute approximate surface area is 111 Å². The number of aromatic hydroxyl groups is 1. The van der Waals surface area contributed by atoms with Crippen LogP contribution in [0.1, 0.15) is 44.4 Å². The van der Waals surface area contributed by atoms with E-state index in [0.717, 1.165) is 30.5 Å². The maximum Gasteiger partial charge on any atom is 0.120 e. The lowest BCUT2D eigenvalue weighted by Crippen LogP contribution is -2.25. The Morgan fingerprint density at radius 2 is 2.00 bits per heavy atom. The van der Waals surface area contributed by atoms with Gasteiger partial charge < -0.3 is 5.11 Å². The molecule has 1 fully saturated rings. The lowest BCUT2D eigenvalue weighted by molar-refractivity contribution is 0.237. The van der Waals surface area contributed by atoms with Gasteiger partial charge in [0.25, 0.3) is 0 Å². The first-order valence-electron chi connectivity index (χ1n) is 7.02. The highest BCUT2D eigenvalue weighted by Crippen LogP contribution is 2.34. The van der Waals surface area contributed by atoms with Crippen molar-refractivity contribution in [1.29, 1.82) is 0 Å². The van der Waals surface area contributed by atoms with Gasteiger partial charge in [-0.25, -0.2) is 0 Å². The molecule has 0 amide bonds. The third-order valence-electron chi connectivity index (χ3n) is 4.38. The third kappa shape index (κ3) is 2.69. The summed E-state index contributed by atoms with van der Waals surface area (Å²) >= 11 is 0. The predicted octanol–water partition coefficient (Wildman–Crippen LogP) is 3.74. The van der Waals surface area contributed by atoms with E-state index in [2.05, 4.69) is 38.7 Å². The van der Waals surface area contributed by atoms with E-state index in [1.54, 1.807) is 0 Å². The van der Waals surface area contributed by atoms with Gasteiger partial charge in [-0.2, -0.15) is 0 Å². The molecule has 2 heteroatoms. The lowest BCUT2D eigenvalue weighted by Gasteiger charge is -2.26. The summed E-state index contributed by atoms with van der Waals surface area (Å²) in [5.41, 5.74) is 2.29. The molecule has 0 radical (unpaired) electrons. The molecule has 1 N–H and O–H groups in total. The van der Waals surface area contributed by atoms with Gasteiger partial charge in [-0.1, -0.05) is 31.5 Å². The zero-order valence-corrected chi connectivity index (χ0v) is 12.0. The first-order chi connectivity index (χ1) is 8.49. The molecule has 100 valence electrons. The van der Waals surface area contributed by atoms with Gasteiger partial charge in [-0.3, -0.25) is 4.90 Å². The van der Waals surface area contributed by atoms with Crippen molar-refractivity contribution in [3.05, 3.63) is 29.3 Å². The van der Waals surface area contributed by atoms with E-state index in [1.165, 1.54) is 12.0 Å². The lowest BCUT2D eigenvalue weighted by atomic mass is 9.95. The van der Waals surface area contributed by atoms with E-state index in [0.29, 0.717) is 11.8 Å². The monoisotopic (exact) mass is 247 g/mol. The summed E-state index contributed by atoms with van der Waals surface area (Å²) in [6, 6.07) is 6.21. The zero-order valence-electron chi connectivity index (χ0n) is 12.0. The number of rotatable bonds is 3. The fourth-order valence-corrected chi connectivity index (χ4v) is 2.92. The van der Waals surface area contributed by atoms with Crippen LogP contribution in [0.2, 0.25) is 0 Å². The number of benzene rings is 1. The SMILES string of the molecule is Cc1ccc(O)c(C(C)N2CCC(C(C)C)C2)c1. The van der Waals surface area contributed by atoms with Crippen molar-refractivity contribution in [1.82, 2.24) is 4.90 Å². The molecule has 1 heterocycles. The summed E-state index contributed by atoms with van der Waals surface area (Å²) in [4.78, 5) is 2.50. The summed E-state index contributed by atoms with van der Waals surface area (Å²) in [5.74, 6) is 1.99. The van der Waals surface area contributed by atoms with E-state index in [9.17, 15) is 5.11 Å². The smallest absolute Gasteiger partial charge is 0.120 e. The Bertz CT molecular complexity index is 414. The number of likely N-dealkylation sites (tertiary alicyclic amines) is 1. The highest BCUT2D eigenvalue weighted by atomic mass is 16.3. The molecule has 0 bridgehead atoms. The Morgan fingerprint density at radius 1 is 1.28 bits per heavy atom. The number of hydrogen-bond donors (Lipinski definition) is 1. The van der Waals surface area contributed by atoms with E-state index in [1.807, 2.05) is 12.1 Å². The molecule has 1 aliphatic heterocycles. The molecule has 2 unspecified atom stereocenters. The van der Waals surface area contributed by atoms with Crippen LogP contribution < -0.4 is 0 Å². The van der Waals surface area contributed by atoms with E-state index in [-0.39, 0.29) is 0 Å². The largest absolute Gasteiger partial charge is 0.508 e. The highest BCUT2D eigenvalue weighted by Gasteiger charge is 2.29. The van der Waals surface area contributed by atoms with Crippen molar-refractivity contribution >= 4 is 0 Å². The second-order valence-electron chi connectivity index (χ2n) is 6.03. The summed E-state index contributed by atoms with van der Waals surface area (Å²) < 4.78 is 0. The van der Waals surface area contributed by atoms with Crippen molar-refractivity contribution in [2.24, 2.45) is 11.8 Å². The standard InChI is InChI=1S/C16H25NO/c1-11(2)14-7-8-17(10-14)13(4)15-9-12(3)5-6-16(15)18/h5-6,9,11,13-14,18H,7-8,10H2,1-4H3. The minimum absolute atomic E-state index is 0.314. The molecule has 0 spiro atoms. The Kier molecular flexibility index (Phi) is 3.96. The van der Waals surface area contributed by atoms with Gasteiger partial charge in [0.15, 0.2) is 0 Å². The van der Waals surface area contributed by atoms with Gasteiger partial charge in [-0.05, 0) is 44.7 Å². The van der Waals surface area contributed by atoms with Gasteiger partial charge >= 0.3 is 0 Å². The zero-order chi connectivity index (χ0) is 13.3. The van der Waals surface area contributed by atoms with Gasteiger partial charge in [0.05, 0.1) is 0 Å².